The summed E-state index contributed by atoms with van der Waals surface area (Å²) in [4.78, 5) is 50.6. The summed E-state index contributed by atoms with van der Waals surface area (Å²) in [5, 5.41) is 9.23. The van der Waals surface area contributed by atoms with Crippen LogP contribution in [0.1, 0.15) is 46.9 Å². The molecular formula is C40H43F3N2O8. The van der Waals surface area contributed by atoms with Crippen LogP contribution in [0.25, 0.3) is 11.1 Å². The SMILES string of the molecule is COC(=O)C[C@H](C(=O)N(C)C)c1ccc(O)cc1.COC(=O)C[C@H](C(=O)N(C)C)c1ccc(OCc2cccc(-c3ccc(C(F)(F)F)cc3)c2)cc1. The van der Waals surface area contributed by atoms with Crippen LogP contribution in [-0.2, 0) is 41.4 Å². The second-order valence-electron chi connectivity index (χ2n) is 12.4. The van der Waals surface area contributed by atoms with Gasteiger partial charge in [-0.2, -0.15) is 13.2 Å². The minimum atomic E-state index is -4.37. The second kappa shape index (κ2) is 19.1. The van der Waals surface area contributed by atoms with Crippen molar-refractivity contribution >= 4 is 23.8 Å². The summed E-state index contributed by atoms with van der Waals surface area (Å²) in [5.74, 6) is -1.85. The molecule has 1 N–H and O–H groups in total. The van der Waals surface area contributed by atoms with E-state index in [1.165, 1.54) is 48.3 Å². The fourth-order valence-corrected chi connectivity index (χ4v) is 5.18. The molecular weight excluding hydrogens is 693 g/mol. The Hall–Kier alpha value is -5.85. The minimum absolute atomic E-state index is 0.0156. The minimum Gasteiger partial charge on any atom is -0.508 e. The second-order valence-corrected chi connectivity index (χ2v) is 12.4. The average molecular weight is 737 g/mol. The van der Waals surface area contributed by atoms with Gasteiger partial charge in [-0.25, -0.2) is 0 Å². The number of phenols is 1. The van der Waals surface area contributed by atoms with E-state index in [1.54, 1.807) is 64.6 Å². The molecule has 13 heteroatoms. The van der Waals surface area contributed by atoms with Crippen molar-refractivity contribution < 1.29 is 51.7 Å². The van der Waals surface area contributed by atoms with Gasteiger partial charge in [0.05, 0.1) is 44.5 Å². The van der Waals surface area contributed by atoms with E-state index in [0.717, 1.165) is 23.3 Å². The van der Waals surface area contributed by atoms with Gasteiger partial charge in [0, 0.05) is 28.2 Å². The lowest BCUT2D eigenvalue weighted by Gasteiger charge is -2.20. The molecule has 0 aliphatic heterocycles. The van der Waals surface area contributed by atoms with Gasteiger partial charge in [-0.1, -0.05) is 54.6 Å². The first kappa shape index (κ1) is 41.6. The smallest absolute Gasteiger partial charge is 0.416 e. The first-order valence-corrected chi connectivity index (χ1v) is 16.4. The molecule has 2 atom stereocenters. The molecule has 0 aliphatic carbocycles. The van der Waals surface area contributed by atoms with Gasteiger partial charge in [0.1, 0.15) is 18.1 Å². The molecule has 0 spiro atoms. The Morgan fingerprint density at radius 1 is 0.660 bits per heavy atom. The van der Waals surface area contributed by atoms with E-state index in [2.05, 4.69) is 4.74 Å². The number of rotatable bonds is 12. The lowest BCUT2D eigenvalue weighted by molar-refractivity contribution is -0.144. The molecule has 282 valence electrons. The number of benzene rings is 4. The molecule has 2 amide bonds. The van der Waals surface area contributed by atoms with Gasteiger partial charge < -0.3 is 29.1 Å². The molecule has 0 saturated carbocycles. The Morgan fingerprint density at radius 3 is 1.57 bits per heavy atom. The number of esters is 2. The average Bonchev–Trinajstić information content (AvgIpc) is 3.15. The molecule has 0 fully saturated rings. The number of ether oxygens (including phenoxy) is 3. The first-order chi connectivity index (χ1) is 25.0. The molecule has 4 rings (SSSR count). The maximum Gasteiger partial charge on any atom is 0.416 e. The zero-order valence-electron chi connectivity index (χ0n) is 30.3. The van der Waals surface area contributed by atoms with Crippen molar-refractivity contribution in [1.82, 2.24) is 9.80 Å². The number of aromatic hydroxyl groups is 1. The van der Waals surface area contributed by atoms with Crippen LogP contribution in [0.3, 0.4) is 0 Å². The van der Waals surface area contributed by atoms with Gasteiger partial charge in [0.2, 0.25) is 11.8 Å². The maximum absolute atomic E-state index is 12.8. The number of nitrogens with zero attached hydrogens (tertiary/aromatic N) is 2. The van der Waals surface area contributed by atoms with Gasteiger partial charge in [0.25, 0.3) is 0 Å². The molecule has 0 heterocycles. The summed E-state index contributed by atoms with van der Waals surface area (Å²) < 4.78 is 53.6. The topological polar surface area (TPSA) is 123 Å². The summed E-state index contributed by atoms with van der Waals surface area (Å²) in [6, 6.07) is 25.5. The van der Waals surface area contributed by atoms with E-state index >= 15 is 0 Å². The van der Waals surface area contributed by atoms with Gasteiger partial charge in [-0.15, -0.1) is 0 Å². The van der Waals surface area contributed by atoms with Gasteiger partial charge in [-0.3, -0.25) is 19.2 Å². The lowest BCUT2D eigenvalue weighted by atomic mass is 9.94. The third kappa shape index (κ3) is 12.4. The third-order valence-electron chi connectivity index (χ3n) is 8.13. The number of amides is 2. The zero-order valence-corrected chi connectivity index (χ0v) is 30.3. The quantitative estimate of drug-likeness (QED) is 0.158. The van der Waals surface area contributed by atoms with Crippen molar-refractivity contribution in [2.75, 3.05) is 42.4 Å². The number of carbonyl (C=O) groups is 4. The Morgan fingerprint density at radius 2 is 1.13 bits per heavy atom. The van der Waals surface area contributed by atoms with E-state index in [4.69, 9.17) is 9.47 Å². The molecule has 0 aromatic heterocycles. The third-order valence-corrected chi connectivity index (χ3v) is 8.13. The Labute approximate surface area is 306 Å². The molecule has 0 aliphatic rings. The first-order valence-electron chi connectivity index (χ1n) is 16.4. The molecule has 10 nitrogen and oxygen atoms in total. The van der Waals surface area contributed by atoms with Crippen molar-refractivity contribution in [3.63, 3.8) is 0 Å². The molecule has 0 radical (unpaired) electrons. The van der Waals surface area contributed by atoms with Crippen LogP contribution >= 0.6 is 0 Å². The fraction of sp³-hybridized carbons (Fsp3) is 0.300. The summed E-state index contributed by atoms with van der Waals surface area (Å²) in [6.45, 7) is 0.246. The highest BCUT2D eigenvalue weighted by molar-refractivity contribution is 5.88. The Kier molecular flexibility index (Phi) is 15.0. The molecule has 0 saturated heterocycles. The summed E-state index contributed by atoms with van der Waals surface area (Å²) in [5.41, 5.74) is 2.96. The fourth-order valence-electron chi connectivity index (χ4n) is 5.18. The van der Waals surface area contributed by atoms with Gasteiger partial charge in [0.15, 0.2) is 0 Å². The Balaban J connectivity index is 0.000000353. The number of hydrogen-bond donors (Lipinski definition) is 1. The number of carbonyl (C=O) groups excluding carboxylic acids is 4. The van der Waals surface area contributed by atoms with E-state index in [9.17, 15) is 37.5 Å². The summed E-state index contributed by atoms with van der Waals surface area (Å²) in [6.07, 6.45) is -4.45. The van der Waals surface area contributed by atoms with Crippen LogP contribution in [0, 0.1) is 0 Å². The van der Waals surface area contributed by atoms with Crippen molar-refractivity contribution in [2.24, 2.45) is 0 Å². The van der Waals surface area contributed by atoms with Crippen LogP contribution < -0.4 is 4.74 Å². The highest BCUT2D eigenvalue weighted by Gasteiger charge is 2.30. The van der Waals surface area contributed by atoms with Gasteiger partial charge >= 0.3 is 18.1 Å². The van der Waals surface area contributed by atoms with Crippen molar-refractivity contribution in [3.8, 4) is 22.6 Å². The van der Waals surface area contributed by atoms with Crippen LogP contribution in [0.2, 0.25) is 0 Å². The van der Waals surface area contributed by atoms with Crippen molar-refractivity contribution in [1.29, 1.82) is 0 Å². The van der Waals surface area contributed by atoms with E-state index in [1.807, 2.05) is 24.3 Å². The van der Waals surface area contributed by atoms with E-state index in [0.29, 0.717) is 22.4 Å². The monoisotopic (exact) mass is 736 g/mol. The zero-order chi connectivity index (χ0) is 39.3. The predicted molar refractivity (Wildman–Crippen MR) is 192 cm³/mol. The maximum atomic E-state index is 12.8. The number of hydrogen-bond acceptors (Lipinski definition) is 8. The van der Waals surface area contributed by atoms with Crippen LogP contribution in [-0.4, -0.2) is 81.1 Å². The summed E-state index contributed by atoms with van der Waals surface area (Å²) in [7, 11) is 9.09. The standard InChI is InChI=1S/C27H26F3NO4.C13H17NO4/c1-31(2)26(33)24(16-25(32)34-3)20-9-13-23(14-10-20)35-17-18-5-4-6-21(15-18)19-7-11-22(12-8-19)27(28,29)30;1-14(2)13(17)11(8-12(16)18-3)9-4-6-10(15)7-5-9/h4-15,24H,16-17H2,1-3H3;4-7,11,15H,8H2,1-3H3/t24-;11-/m00/s1. The number of alkyl halides is 3. The Bertz CT molecular complexity index is 1820. The number of likely N-dealkylation sites (N-methyl/N-ethyl adjacent to an activating group) is 2. The lowest BCUT2D eigenvalue weighted by Crippen LogP contribution is -2.30. The normalized spacial score (nSPS) is 11.9. The number of halogens is 3. The van der Waals surface area contributed by atoms with Crippen LogP contribution in [0.15, 0.2) is 97.1 Å². The van der Waals surface area contributed by atoms with E-state index in [-0.39, 0.29) is 37.0 Å². The highest BCUT2D eigenvalue weighted by atomic mass is 19.4. The highest BCUT2D eigenvalue weighted by Crippen LogP contribution is 2.31. The van der Waals surface area contributed by atoms with Crippen LogP contribution in [0.4, 0.5) is 13.2 Å². The molecule has 4 aromatic carbocycles. The largest absolute Gasteiger partial charge is 0.508 e. The number of phenolic OH excluding ortho intramolecular Hbond substituents is 1. The van der Waals surface area contributed by atoms with Crippen LogP contribution in [0.5, 0.6) is 11.5 Å². The molecule has 0 bridgehead atoms. The number of methoxy groups -OCH3 is 2. The van der Waals surface area contributed by atoms with Gasteiger partial charge in [-0.05, 0) is 70.3 Å². The molecule has 53 heavy (non-hydrogen) atoms. The molecule has 0 unspecified atom stereocenters. The van der Waals surface area contributed by atoms with E-state index < -0.39 is 35.5 Å². The van der Waals surface area contributed by atoms with Crippen molar-refractivity contribution in [2.45, 2.75) is 37.5 Å². The molecule has 4 aromatic rings. The van der Waals surface area contributed by atoms with Crippen molar-refractivity contribution in [3.05, 3.63) is 119 Å². The predicted octanol–water partition coefficient (Wildman–Crippen LogP) is 6.81. The summed E-state index contributed by atoms with van der Waals surface area (Å²) >= 11 is 0.